The molecule has 0 saturated heterocycles. The Morgan fingerprint density at radius 1 is 0.479 bits per heavy atom. The molecule has 0 fully saturated rings. The normalized spacial score (nSPS) is 13.8. The molecular formula is C46H30N2. The highest BCUT2D eigenvalue weighted by Gasteiger charge is 2.36. The summed E-state index contributed by atoms with van der Waals surface area (Å²) in [6, 6.07) is 53.9. The van der Waals surface area contributed by atoms with Crippen LogP contribution in [0.25, 0.3) is 92.9 Å². The minimum Gasteiger partial charge on any atom is -0.292 e. The first-order chi connectivity index (χ1) is 23.6. The van der Waals surface area contributed by atoms with Crippen LogP contribution in [0.5, 0.6) is 0 Å². The summed E-state index contributed by atoms with van der Waals surface area (Å²) in [5, 5.41) is 11.2. The first-order valence-corrected chi connectivity index (χ1v) is 16.8. The van der Waals surface area contributed by atoms with Crippen LogP contribution >= 0.6 is 0 Å². The predicted octanol–water partition coefficient (Wildman–Crippen LogP) is 12.2. The first-order valence-electron chi connectivity index (χ1n) is 16.8. The Balaban J connectivity index is 1.22. The summed E-state index contributed by atoms with van der Waals surface area (Å²) in [6.45, 7) is 4.75. The van der Waals surface area contributed by atoms with Gasteiger partial charge in [0.15, 0.2) is 0 Å². The van der Waals surface area contributed by atoms with E-state index in [9.17, 15) is 0 Å². The molecule has 0 radical (unpaired) electrons. The van der Waals surface area contributed by atoms with E-state index in [1.54, 1.807) is 0 Å². The summed E-state index contributed by atoms with van der Waals surface area (Å²) >= 11 is 0. The van der Waals surface area contributed by atoms with Gasteiger partial charge in [0.2, 0.25) is 0 Å². The highest BCUT2D eigenvalue weighted by molar-refractivity contribution is 6.24. The zero-order chi connectivity index (χ0) is 31.7. The van der Waals surface area contributed by atoms with Crippen molar-refractivity contribution in [1.29, 1.82) is 0 Å². The molecule has 224 valence electrons. The summed E-state index contributed by atoms with van der Waals surface area (Å²) in [4.78, 5) is 5.45. The van der Waals surface area contributed by atoms with Crippen molar-refractivity contribution in [3.63, 3.8) is 0 Å². The quantitative estimate of drug-likeness (QED) is 0.169. The van der Waals surface area contributed by atoms with Crippen molar-refractivity contribution in [2.24, 2.45) is 0 Å². The molecule has 48 heavy (non-hydrogen) atoms. The molecule has 1 aliphatic rings. The molecule has 0 saturated carbocycles. The van der Waals surface area contributed by atoms with E-state index in [0.717, 1.165) is 16.7 Å². The van der Waals surface area contributed by atoms with Crippen molar-refractivity contribution < 1.29 is 0 Å². The van der Waals surface area contributed by atoms with Gasteiger partial charge >= 0.3 is 0 Å². The van der Waals surface area contributed by atoms with E-state index in [-0.39, 0.29) is 5.41 Å². The maximum Gasteiger partial charge on any atom is 0.147 e. The second kappa shape index (κ2) is 9.08. The first kappa shape index (κ1) is 26.1. The fourth-order valence-corrected chi connectivity index (χ4v) is 8.77. The van der Waals surface area contributed by atoms with Crippen LogP contribution in [0.4, 0.5) is 0 Å². The van der Waals surface area contributed by atoms with Gasteiger partial charge in [-0.3, -0.25) is 4.40 Å². The van der Waals surface area contributed by atoms with Crippen LogP contribution in [0, 0.1) is 0 Å². The van der Waals surface area contributed by atoms with Gasteiger partial charge in [-0.05, 0) is 83.9 Å². The average Bonchev–Trinajstić information content (AvgIpc) is 3.64. The zero-order valence-electron chi connectivity index (χ0n) is 26.8. The van der Waals surface area contributed by atoms with E-state index in [1.165, 1.54) is 87.4 Å². The van der Waals surface area contributed by atoms with E-state index in [2.05, 4.69) is 164 Å². The number of nitrogens with zero attached hydrogens (tertiary/aromatic N) is 2. The van der Waals surface area contributed by atoms with Crippen molar-refractivity contribution in [1.82, 2.24) is 9.38 Å². The maximum absolute atomic E-state index is 5.45. The second-order valence-electron chi connectivity index (χ2n) is 14.0. The van der Waals surface area contributed by atoms with Crippen LogP contribution < -0.4 is 0 Å². The number of imidazole rings is 1. The van der Waals surface area contributed by atoms with Gasteiger partial charge in [0.25, 0.3) is 0 Å². The van der Waals surface area contributed by atoms with Crippen molar-refractivity contribution in [3.8, 4) is 22.3 Å². The Kier molecular flexibility index (Phi) is 4.94. The van der Waals surface area contributed by atoms with Gasteiger partial charge < -0.3 is 0 Å². The Labute approximate surface area is 277 Å². The average molecular weight is 611 g/mol. The summed E-state index contributed by atoms with van der Waals surface area (Å²) in [7, 11) is 0. The van der Waals surface area contributed by atoms with Gasteiger partial charge in [0.05, 0.1) is 16.6 Å². The zero-order valence-corrected chi connectivity index (χ0v) is 26.8. The van der Waals surface area contributed by atoms with Gasteiger partial charge in [-0.15, -0.1) is 0 Å². The van der Waals surface area contributed by atoms with Crippen molar-refractivity contribution in [3.05, 3.63) is 157 Å². The van der Waals surface area contributed by atoms with Gasteiger partial charge in [-0.1, -0.05) is 141 Å². The lowest BCUT2D eigenvalue weighted by atomic mass is 9.81. The predicted molar refractivity (Wildman–Crippen MR) is 203 cm³/mol. The van der Waals surface area contributed by atoms with Crippen molar-refractivity contribution in [2.75, 3.05) is 0 Å². The third-order valence-electron chi connectivity index (χ3n) is 11.1. The van der Waals surface area contributed by atoms with Crippen LogP contribution in [0.1, 0.15) is 25.0 Å². The lowest BCUT2D eigenvalue weighted by Gasteiger charge is -2.22. The van der Waals surface area contributed by atoms with Crippen LogP contribution in [0.15, 0.2) is 146 Å². The lowest BCUT2D eigenvalue weighted by Crippen LogP contribution is -2.15. The van der Waals surface area contributed by atoms with Crippen LogP contribution in [-0.2, 0) is 5.41 Å². The van der Waals surface area contributed by atoms with E-state index in [4.69, 9.17) is 4.98 Å². The molecule has 10 aromatic rings. The maximum atomic E-state index is 5.45. The molecule has 8 aromatic carbocycles. The highest BCUT2D eigenvalue weighted by atomic mass is 15.0. The SMILES string of the molecule is CC1(C)c2cc(-c3ccc4c5ccc6ccccc6c5c5nc6c7ccccc7ccc6n5c4c3)ccc2-c2c1ccc1ccccc21. The number of fused-ring (bicyclic) bond motifs is 17. The van der Waals surface area contributed by atoms with Gasteiger partial charge in [-0.25, -0.2) is 4.98 Å². The Hall–Kier alpha value is -5.99. The molecule has 2 heteroatoms. The molecule has 0 N–H and O–H groups in total. The van der Waals surface area contributed by atoms with E-state index >= 15 is 0 Å². The topological polar surface area (TPSA) is 17.3 Å². The molecule has 0 atom stereocenters. The molecule has 2 nitrogen and oxygen atoms in total. The fourth-order valence-electron chi connectivity index (χ4n) is 8.77. The molecule has 0 spiro atoms. The number of rotatable bonds is 1. The third-order valence-corrected chi connectivity index (χ3v) is 11.1. The Bertz CT molecular complexity index is 3030. The molecule has 0 amide bonds. The van der Waals surface area contributed by atoms with Gasteiger partial charge in [-0.2, -0.15) is 0 Å². The number of aromatic nitrogens is 2. The minimum atomic E-state index is -0.0896. The van der Waals surface area contributed by atoms with Crippen molar-refractivity contribution >= 4 is 70.7 Å². The molecule has 0 aliphatic heterocycles. The summed E-state index contributed by atoms with van der Waals surface area (Å²) in [6.07, 6.45) is 0. The molecule has 0 unspecified atom stereocenters. The minimum absolute atomic E-state index is 0.0896. The summed E-state index contributed by atoms with van der Waals surface area (Å²) in [5.41, 5.74) is 12.3. The largest absolute Gasteiger partial charge is 0.292 e. The third kappa shape index (κ3) is 3.29. The Morgan fingerprint density at radius 3 is 1.94 bits per heavy atom. The van der Waals surface area contributed by atoms with E-state index < -0.39 is 0 Å². The Morgan fingerprint density at radius 2 is 1.10 bits per heavy atom. The standard InChI is InChI=1S/C46H30N2/c1-46(2)38-23-18-28-10-3-6-12-32(28)42(38)37-22-17-30(25-39(37)46)31-16-20-35-36-21-15-27-9-4-7-13-33(27)43(36)45-47-44-34-14-8-5-11-29(34)19-24-40(44)48(45)41(35)26-31/h3-26H,1-2H3. The monoisotopic (exact) mass is 610 g/mol. The van der Waals surface area contributed by atoms with Crippen molar-refractivity contribution in [2.45, 2.75) is 19.3 Å². The lowest BCUT2D eigenvalue weighted by molar-refractivity contribution is 0.661. The molecule has 2 aromatic heterocycles. The second-order valence-corrected chi connectivity index (χ2v) is 14.0. The number of hydrogen-bond acceptors (Lipinski definition) is 1. The molecular weight excluding hydrogens is 581 g/mol. The van der Waals surface area contributed by atoms with Crippen LogP contribution in [0.3, 0.4) is 0 Å². The van der Waals surface area contributed by atoms with Crippen LogP contribution in [0.2, 0.25) is 0 Å². The van der Waals surface area contributed by atoms with Gasteiger partial charge in [0, 0.05) is 21.6 Å². The molecule has 11 rings (SSSR count). The van der Waals surface area contributed by atoms with E-state index in [1.807, 2.05) is 0 Å². The number of hydrogen-bond donors (Lipinski definition) is 0. The van der Waals surface area contributed by atoms with Crippen LogP contribution in [-0.4, -0.2) is 9.38 Å². The summed E-state index contributed by atoms with van der Waals surface area (Å²) in [5.74, 6) is 0. The van der Waals surface area contributed by atoms with Gasteiger partial charge in [0.1, 0.15) is 5.65 Å². The van der Waals surface area contributed by atoms with E-state index in [0.29, 0.717) is 0 Å². The molecule has 0 bridgehead atoms. The molecule has 1 aliphatic carbocycles. The summed E-state index contributed by atoms with van der Waals surface area (Å²) < 4.78 is 2.41. The number of benzene rings is 8. The number of pyridine rings is 1. The fraction of sp³-hybridized carbons (Fsp3) is 0.0652. The molecule has 2 heterocycles. The highest BCUT2D eigenvalue weighted by Crippen LogP contribution is 2.52. The smallest absolute Gasteiger partial charge is 0.147 e.